The number of hydrogen-bond acceptors (Lipinski definition) is 3. The fourth-order valence-corrected chi connectivity index (χ4v) is 1.56. The maximum atomic E-state index is 13.3. The van der Waals surface area contributed by atoms with Gasteiger partial charge in [0.05, 0.1) is 12.8 Å². The Labute approximate surface area is 114 Å². The number of halogens is 1. The molecule has 0 aliphatic carbocycles. The smallest absolute Gasteiger partial charge is 0.309 e. The minimum atomic E-state index is -0.820. The van der Waals surface area contributed by atoms with E-state index in [0.29, 0.717) is 11.3 Å². The highest BCUT2D eigenvalue weighted by Crippen LogP contribution is 2.05. The minimum absolute atomic E-state index is 0.0420. The number of benzene rings is 1. The zero-order chi connectivity index (χ0) is 14.4. The van der Waals surface area contributed by atoms with Gasteiger partial charge in [0.15, 0.2) is 0 Å². The monoisotopic (exact) mass is 276 g/mol. The van der Waals surface area contributed by atoms with Crippen molar-refractivity contribution in [3.8, 4) is 0 Å². The highest BCUT2D eigenvalue weighted by Gasteiger charge is 2.13. The summed E-state index contributed by atoms with van der Waals surface area (Å²) >= 11 is 0. The summed E-state index contributed by atoms with van der Waals surface area (Å²) in [5, 5.41) is 4.75. The van der Waals surface area contributed by atoms with Gasteiger partial charge in [-0.05, 0) is 18.2 Å². The molecule has 1 heterocycles. The van der Waals surface area contributed by atoms with Crippen molar-refractivity contribution in [2.75, 3.05) is 0 Å². The van der Waals surface area contributed by atoms with Crippen molar-refractivity contribution in [3.63, 3.8) is 0 Å². The van der Waals surface area contributed by atoms with Crippen LogP contribution >= 0.6 is 0 Å². The predicted octanol–water partition coefficient (Wildman–Crippen LogP) is 1.35. The lowest BCUT2D eigenvalue weighted by Gasteiger charge is -2.06. The van der Waals surface area contributed by atoms with Gasteiger partial charge >= 0.3 is 11.8 Å². The van der Waals surface area contributed by atoms with Gasteiger partial charge in [0.1, 0.15) is 11.6 Å². The van der Waals surface area contributed by atoms with E-state index < -0.39 is 17.6 Å². The summed E-state index contributed by atoms with van der Waals surface area (Å²) in [6.45, 7) is 0.0820. The Morgan fingerprint density at radius 2 is 1.70 bits per heavy atom. The topological polar surface area (TPSA) is 71.3 Å². The normalized spacial score (nSPS) is 10.1. The number of carbonyl (C=O) groups excluding carboxylic acids is 2. The van der Waals surface area contributed by atoms with Gasteiger partial charge in [0, 0.05) is 12.1 Å². The van der Waals surface area contributed by atoms with Gasteiger partial charge in [-0.1, -0.05) is 18.2 Å². The van der Waals surface area contributed by atoms with Gasteiger partial charge in [0.2, 0.25) is 0 Å². The van der Waals surface area contributed by atoms with Crippen LogP contribution in [-0.2, 0) is 22.7 Å². The molecule has 6 heteroatoms. The molecular weight excluding hydrogens is 263 g/mol. The molecule has 2 rings (SSSR count). The first-order valence-corrected chi connectivity index (χ1v) is 5.98. The molecule has 0 unspecified atom stereocenters. The first-order valence-electron chi connectivity index (χ1n) is 5.98. The van der Waals surface area contributed by atoms with Crippen LogP contribution in [0.1, 0.15) is 11.3 Å². The van der Waals surface area contributed by atoms with Gasteiger partial charge in [-0.2, -0.15) is 0 Å². The third-order valence-electron chi connectivity index (χ3n) is 2.61. The van der Waals surface area contributed by atoms with Crippen LogP contribution in [0.5, 0.6) is 0 Å². The molecule has 0 saturated carbocycles. The van der Waals surface area contributed by atoms with E-state index in [1.807, 2.05) is 0 Å². The van der Waals surface area contributed by atoms with Crippen molar-refractivity contribution in [1.29, 1.82) is 0 Å². The van der Waals surface area contributed by atoms with Crippen LogP contribution in [0.3, 0.4) is 0 Å². The van der Waals surface area contributed by atoms with E-state index in [9.17, 15) is 14.0 Å². The Morgan fingerprint density at radius 3 is 2.35 bits per heavy atom. The van der Waals surface area contributed by atoms with Crippen molar-refractivity contribution >= 4 is 11.8 Å². The third-order valence-corrected chi connectivity index (χ3v) is 2.61. The average molecular weight is 276 g/mol. The molecule has 0 bridgehead atoms. The van der Waals surface area contributed by atoms with Gasteiger partial charge in [-0.15, -0.1) is 0 Å². The SMILES string of the molecule is O=C(NCc1ccco1)C(=O)NCc1ccccc1F. The molecule has 0 spiro atoms. The molecule has 0 aliphatic heterocycles. The highest BCUT2D eigenvalue weighted by atomic mass is 19.1. The van der Waals surface area contributed by atoms with Crippen LogP contribution in [0, 0.1) is 5.82 Å². The van der Waals surface area contributed by atoms with Crippen LogP contribution in [0.15, 0.2) is 47.1 Å². The van der Waals surface area contributed by atoms with Crippen molar-refractivity contribution in [3.05, 3.63) is 59.8 Å². The van der Waals surface area contributed by atoms with Crippen molar-refractivity contribution < 1.29 is 18.4 Å². The Hall–Kier alpha value is -2.63. The van der Waals surface area contributed by atoms with Crippen LogP contribution in [-0.4, -0.2) is 11.8 Å². The maximum Gasteiger partial charge on any atom is 0.309 e. The molecule has 2 N–H and O–H groups in total. The molecule has 1 aromatic carbocycles. The fraction of sp³-hybridized carbons (Fsp3) is 0.143. The van der Waals surface area contributed by atoms with E-state index in [2.05, 4.69) is 10.6 Å². The Morgan fingerprint density at radius 1 is 1.00 bits per heavy atom. The van der Waals surface area contributed by atoms with Crippen molar-refractivity contribution in [1.82, 2.24) is 10.6 Å². The van der Waals surface area contributed by atoms with E-state index in [-0.39, 0.29) is 13.1 Å². The maximum absolute atomic E-state index is 13.3. The molecule has 0 fully saturated rings. The first-order chi connectivity index (χ1) is 9.66. The summed E-state index contributed by atoms with van der Waals surface area (Å²) in [7, 11) is 0. The summed E-state index contributed by atoms with van der Waals surface area (Å²) < 4.78 is 18.3. The second-order valence-electron chi connectivity index (χ2n) is 4.04. The molecule has 2 aromatic rings. The summed E-state index contributed by atoms with van der Waals surface area (Å²) in [6.07, 6.45) is 1.47. The molecule has 5 nitrogen and oxygen atoms in total. The first kappa shape index (κ1) is 13.8. The van der Waals surface area contributed by atoms with Gasteiger partial charge in [-0.25, -0.2) is 4.39 Å². The number of rotatable bonds is 4. The molecule has 0 radical (unpaired) electrons. The van der Waals surface area contributed by atoms with E-state index >= 15 is 0 Å². The summed E-state index contributed by atoms with van der Waals surface area (Å²) in [4.78, 5) is 23.0. The van der Waals surface area contributed by atoms with Gasteiger partial charge in [-0.3, -0.25) is 9.59 Å². The van der Waals surface area contributed by atoms with Crippen LogP contribution < -0.4 is 10.6 Å². The molecule has 1 aromatic heterocycles. The Balaban J connectivity index is 1.79. The molecule has 0 aliphatic rings. The lowest BCUT2D eigenvalue weighted by molar-refractivity contribution is -0.139. The number of nitrogens with one attached hydrogen (secondary N) is 2. The molecule has 0 saturated heterocycles. The fourth-order valence-electron chi connectivity index (χ4n) is 1.56. The van der Waals surface area contributed by atoms with Crippen LogP contribution in [0.4, 0.5) is 4.39 Å². The number of hydrogen-bond donors (Lipinski definition) is 2. The lowest BCUT2D eigenvalue weighted by atomic mass is 10.2. The predicted molar refractivity (Wildman–Crippen MR) is 68.8 cm³/mol. The Kier molecular flexibility index (Phi) is 4.49. The molecule has 2 amide bonds. The second kappa shape index (κ2) is 6.51. The van der Waals surface area contributed by atoms with Gasteiger partial charge in [0.25, 0.3) is 0 Å². The van der Waals surface area contributed by atoms with Gasteiger partial charge < -0.3 is 15.1 Å². The molecular formula is C14H13FN2O3. The summed E-state index contributed by atoms with van der Waals surface area (Å²) in [5.41, 5.74) is 0.319. The third kappa shape index (κ3) is 3.68. The quantitative estimate of drug-likeness (QED) is 0.828. The summed E-state index contributed by atoms with van der Waals surface area (Å²) in [6, 6.07) is 9.39. The number of carbonyl (C=O) groups is 2. The average Bonchev–Trinajstić information content (AvgIpc) is 2.97. The highest BCUT2D eigenvalue weighted by molar-refractivity contribution is 6.35. The minimum Gasteiger partial charge on any atom is -0.467 e. The zero-order valence-electron chi connectivity index (χ0n) is 10.6. The number of furan rings is 1. The van der Waals surface area contributed by atoms with E-state index in [1.165, 1.54) is 18.4 Å². The van der Waals surface area contributed by atoms with E-state index in [1.54, 1.807) is 24.3 Å². The molecule has 0 atom stereocenters. The standard InChI is InChI=1S/C14H13FN2O3/c15-12-6-2-1-4-10(12)8-16-13(18)14(19)17-9-11-5-3-7-20-11/h1-7H,8-9H2,(H,16,18)(H,17,19). The van der Waals surface area contributed by atoms with E-state index in [4.69, 9.17) is 4.42 Å². The largest absolute Gasteiger partial charge is 0.467 e. The number of amides is 2. The van der Waals surface area contributed by atoms with Crippen molar-refractivity contribution in [2.24, 2.45) is 0 Å². The Bertz CT molecular complexity index is 596. The second-order valence-corrected chi connectivity index (χ2v) is 4.04. The summed E-state index contributed by atoms with van der Waals surface area (Å²) in [5.74, 6) is -1.50. The van der Waals surface area contributed by atoms with Crippen LogP contribution in [0.25, 0.3) is 0 Å². The van der Waals surface area contributed by atoms with Crippen LogP contribution in [0.2, 0.25) is 0 Å². The molecule has 104 valence electrons. The molecule has 20 heavy (non-hydrogen) atoms. The lowest BCUT2D eigenvalue weighted by Crippen LogP contribution is -2.39. The van der Waals surface area contributed by atoms with Crippen molar-refractivity contribution in [2.45, 2.75) is 13.1 Å². The van der Waals surface area contributed by atoms with E-state index in [0.717, 1.165) is 0 Å². The zero-order valence-corrected chi connectivity index (χ0v) is 10.6.